The fourth-order valence-corrected chi connectivity index (χ4v) is 2.26. The van der Waals surface area contributed by atoms with Crippen molar-refractivity contribution in [1.82, 2.24) is 0 Å². The number of anilines is 1. The summed E-state index contributed by atoms with van der Waals surface area (Å²) in [6.45, 7) is 4.00. The van der Waals surface area contributed by atoms with Crippen LogP contribution in [0.5, 0.6) is 0 Å². The van der Waals surface area contributed by atoms with Crippen LogP contribution in [0.1, 0.15) is 29.9 Å². The van der Waals surface area contributed by atoms with Crippen LogP contribution in [0, 0.1) is 5.92 Å². The maximum Gasteiger partial charge on any atom is 0.350 e. The second-order valence-corrected chi connectivity index (χ2v) is 5.30. The molecule has 1 heterocycles. The Morgan fingerprint density at radius 1 is 1.50 bits per heavy atom. The summed E-state index contributed by atoms with van der Waals surface area (Å²) in [5.41, 5.74) is 6.22. The molecule has 1 aromatic rings. The van der Waals surface area contributed by atoms with Gasteiger partial charge in [0, 0.05) is 0 Å². The predicted octanol–water partition coefficient (Wildman–Crippen LogP) is 1.85. The molecule has 0 aliphatic rings. The first-order chi connectivity index (χ1) is 8.45. The molecule has 0 saturated heterocycles. The van der Waals surface area contributed by atoms with E-state index in [1.807, 2.05) is 13.8 Å². The van der Waals surface area contributed by atoms with E-state index in [1.54, 1.807) is 11.4 Å². The number of carbonyl (C=O) groups is 2. The fraction of sp³-hybridized carbons (Fsp3) is 0.500. The topological polar surface area (TPSA) is 81.4 Å². The number of amides is 1. The SMILES string of the molecule is COC(=O)c1sccc1NC(=O)C(N)CC(C)C. The minimum Gasteiger partial charge on any atom is -0.465 e. The quantitative estimate of drug-likeness (QED) is 0.800. The highest BCUT2D eigenvalue weighted by atomic mass is 32.1. The number of methoxy groups -OCH3 is 1. The average Bonchev–Trinajstić information content (AvgIpc) is 2.75. The summed E-state index contributed by atoms with van der Waals surface area (Å²) in [6.07, 6.45) is 0.601. The Morgan fingerprint density at radius 3 is 2.72 bits per heavy atom. The van der Waals surface area contributed by atoms with Crippen molar-refractivity contribution in [2.45, 2.75) is 26.3 Å². The first-order valence-electron chi connectivity index (χ1n) is 5.68. The van der Waals surface area contributed by atoms with Crippen molar-refractivity contribution in [2.24, 2.45) is 11.7 Å². The summed E-state index contributed by atoms with van der Waals surface area (Å²) >= 11 is 1.22. The van der Waals surface area contributed by atoms with Crippen LogP contribution in [0.4, 0.5) is 5.69 Å². The van der Waals surface area contributed by atoms with E-state index >= 15 is 0 Å². The van der Waals surface area contributed by atoms with Gasteiger partial charge in [-0.3, -0.25) is 4.79 Å². The highest BCUT2D eigenvalue weighted by Gasteiger charge is 2.19. The molecule has 100 valence electrons. The molecule has 18 heavy (non-hydrogen) atoms. The Morgan fingerprint density at radius 2 is 2.17 bits per heavy atom. The van der Waals surface area contributed by atoms with E-state index in [2.05, 4.69) is 10.1 Å². The first-order valence-corrected chi connectivity index (χ1v) is 6.56. The van der Waals surface area contributed by atoms with Crippen molar-refractivity contribution in [3.63, 3.8) is 0 Å². The van der Waals surface area contributed by atoms with Crippen LogP contribution < -0.4 is 11.1 Å². The summed E-state index contributed by atoms with van der Waals surface area (Å²) in [6, 6.07) is 1.09. The number of rotatable bonds is 5. The van der Waals surface area contributed by atoms with E-state index in [4.69, 9.17) is 5.73 Å². The number of ether oxygens (including phenoxy) is 1. The molecule has 0 bridgehead atoms. The van der Waals surface area contributed by atoms with Gasteiger partial charge in [0.2, 0.25) is 5.91 Å². The smallest absolute Gasteiger partial charge is 0.350 e. The molecule has 0 aromatic carbocycles. The second-order valence-electron chi connectivity index (χ2n) is 4.38. The van der Waals surface area contributed by atoms with Gasteiger partial charge < -0.3 is 15.8 Å². The van der Waals surface area contributed by atoms with Crippen molar-refractivity contribution >= 4 is 28.9 Å². The zero-order valence-electron chi connectivity index (χ0n) is 10.7. The molecular weight excluding hydrogens is 252 g/mol. The van der Waals surface area contributed by atoms with E-state index in [1.165, 1.54) is 18.4 Å². The molecule has 5 nitrogen and oxygen atoms in total. The number of hydrogen-bond acceptors (Lipinski definition) is 5. The molecule has 1 rings (SSSR count). The zero-order valence-corrected chi connectivity index (χ0v) is 11.5. The van der Waals surface area contributed by atoms with Crippen molar-refractivity contribution in [1.29, 1.82) is 0 Å². The molecule has 6 heteroatoms. The lowest BCUT2D eigenvalue weighted by Gasteiger charge is -2.14. The number of nitrogens with two attached hydrogens (primary N) is 1. The van der Waals surface area contributed by atoms with Gasteiger partial charge in [0.05, 0.1) is 18.8 Å². The van der Waals surface area contributed by atoms with Crippen LogP contribution in [0.15, 0.2) is 11.4 Å². The molecule has 0 saturated carbocycles. The van der Waals surface area contributed by atoms with E-state index < -0.39 is 12.0 Å². The lowest BCUT2D eigenvalue weighted by atomic mass is 10.0. The van der Waals surface area contributed by atoms with Crippen molar-refractivity contribution in [2.75, 3.05) is 12.4 Å². The molecule has 1 unspecified atom stereocenters. The molecular formula is C12H18N2O3S. The van der Waals surface area contributed by atoms with Crippen molar-refractivity contribution in [3.05, 3.63) is 16.3 Å². The zero-order chi connectivity index (χ0) is 13.7. The maximum atomic E-state index is 11.8. The molecule has 3 N–H and O–H groups in total. The number of thiophene rings is 1. The van der Waals surface area contributed by atoms with E-state index in [0.29, 0.717) is 22.9 Å². The van der Waals surface area contributed by atoms with Crippen LogP contribution in [0.25, 0.3) is 0 Å². The highest BCUT2D eigenvalue weighted by molar-refractivity contribution is 7.12. The Kier molecular flexibility index (Phi) is 5.30. The third-order valence-corrected chi connectivity index (χ3v) is 3.25. The van der Waals surface area contributed by atoms with Crippen LogP contribution in [0.2, 0.25) is 0 Å². The lowest BCUT2D eigenvalue weighted by molar-refractivity contribution is -0.117. The lowest BCUT2D eigenvalue weighted by Crippen LogP contribution is -2.36. The molecule has 1 aromatic heterocycles. The number of hydrogen-bond donors (Lipinski definition) is 2. The maximum absolute atomic E-state index is 11.8. The molecule has 0 fully saturated rings. The van der Waals surface area contributed by atoms with Crippen LogP contribution in [-0.2, 0) is 9.53 Å². The van der Waals surface area contributed by atoms with Crippen molar-refractivity contribution < 1.29 is 14.3 Å². The molecule has 1 atom stereocenters. The normalized spacial score (nSPS) is 12.3. The highest BCUT2D eigenvalue weighted by Crippen LogP contribution is 2.23. The van der Waals surface area contributed by atoms with Gasteiger partial charge in [0.25, 0.3) is 0 Å². The van der Waals surface area contributed by atoms with Crippen LogP contribution in [-0.4, -0.2) is 25.0 Å². The fourth-order valence-electron chi connectivity index (χ4n) is 1.50. The number of nitrogens with one attached hydrogen (secondary N) is 1. The Labute approximate surface area is 110 Å². The summed E-state index contributed by atoms with van der Waals surface area (Å²) in [5.74, 6) is -0.404. The minimum atomic E-state index is -0.574. The predicted molar refractivity (Wildman–Crippen MR) is 71.7 cm³/mol. The van der Waals surface area contributed by atoms with Crippen molar-refractivity contribution in [3.8, 4) is 0 Å². The third-order valence-electron chi connectivity index (χ3n) is 2.36. The largest absolute Gasteiger partial charge is 0.465 e. The summed E-state index contributed by atoms with van der Waals surface area (Å²) < 4.78 is 4.63. The molecule has 0 radical (unpaired) electrons. The molecule has 1 amide bonds. The van der Waals surface area contributed by atoms with Gasteiger partial charge in [-0.1, -0.05) is 13.8 Å². The molecule has 0 spiro atoms. The Balaban J connectivity index is 2.70. The standard InChI is InChI=1S/C12H18N2O3S/c1-7(2)6-8(13)11(15)14-9-4-5-18-10(9)12(16)17-3/h4-5,7-8H,6,13H2,1-3H3,(H,14,15). The summed E-state index contributed by atoms with van der Waals surface area (Å²) in [4.78, 5) is 23.6. The van der Waals surface area contributed by atoms with Gasteiger partial charge in [-0.25, -0.2) is 4.79 Å². The third kappa shape index (κ3) is 3.82. The Hall–Kier alpha value is -1.40. The van der Waals surface area contributed by atoms with E-state index in [-0.39, 0.29) is 5.91 Å². The number of esters is 1. The Bertz CT molecular complexity index is 429. The van der Waals surface area contributed by atoms with Gasteiger partial charge in [-0.2, -0.15) is 0 Å². The van der Waals surface area contributed by atoms with Gasteiger partial charge in [-0.15, -0.1) is 11.3 Å². The van der Waals surface area contributed by atoms with Crippen LogP contribution >= 0.6 is 11.3 Å². The second kappa shape index (κ2) is 6.51. The van der Waals surface area contributed by atoms with Crippen LogP contribution in [0.3, 0.4) is 0 Å². The molecule has 0 aliphatic carbocycles. The van der Waals surface area contributed by atoms with Gasteiger partial charge in [-0.05, 0) is 23.8 Å². The van der Waals surface area contributed by atoms with E-state index in [0.717, 1.165) is 0 Å². The summed E-state index contributed by atoms with van der Waals surface area (Å²) in [7, 11) is 1.30. The van der Waals surface area contributed by atoms with Gasteiger partial charge in [0.15, 0.2) is 0 Å². The van der Waals surface area contributed by atoms with Gasteiger partial charge >= 0.3 is 5.97 Å². The minimum absolute atomic E-state index is 0.285. The van der Waals surface area contributed by atoms with Gasteiger partial charge in [0.1, 0.15) is 4.88 Å². The summed E-state index contributed by atoms with van der Waals surface area (Å²) in [5, 5.41) is 4.37. The van der Waals surface area contributed by atoms with E-state index in [9.17, 15) is 9.59 Å². The first kappa shape index (κ1) is 14.7. The number of carbonyl (C=O) groups excluding carboxylic acids is 2. The average molecular weight is 270 g/mol. The molecule has 0 aliphatic heterocycles. The monoisotopic (exact) mass is 270 g/mol.